The van der Waals surface area contributed by atoms with Crippen molar-refractivity contribution >= 4 is 19.5 Å². The summed E-state index contributed by atoms with van der Waals surface area (Å²) >= 11 is 0. The van der Waals surface area contributed by atoms with Crippen LogP contribution < -0.4 is 5.73 Å². The van der Waals surface area contributed by atoms with Crippen LogP contribution in [-0.2, 0) is 9.31 Å². The summed E-state index contributed by atoms with van der Waals surface area (Å²) in [5.74, 6) is -0.00833. The molecule has 0 saturated carbocycles. The average molecular weight is 250 g/mol. The molecule has 2 N–H and O–H groups in total. The first kappa shape index (κ1) is 16.2. The Hall–Kier alpha value is 0.235. The molecule has 1 heterocycles. The van der Waals surface area contributed by atoms with E-state index in [-0.39, 0.29) is 36.7 Å². The SMILES string of the molecule is CCCC[C@@H](N)B1OC(C)(C)C(C)(C)O1.Cl. The highest BCUT2D eigenvalue weighted by atomic mass is 35.5. The van der Waals surface area contributed by atoms with E-state index in [4.69, 9.17) is 15.0 Å². The monoisotopic (exact) mass is 249 g/mol. The number of rotatable bonds is 4. The number of hydrogen-bond acceptors (Lipinski definition) is 3. The van der Waals surface area contributed by atoms with Gasteiger partial charge in [-0.3, -0.25) is 0 Å². The smallest absolute Gasteiger partial charge is 0.402 e. The van der Waals surface area contributed by atoms with E-state index in [2.05, 4.69) is 34.6 Å². The third-order valence-electron chi connectivity index (χ3n) is 3.51. The Bertz CT molecular complexity index is 208. The second-order valence-electron chi connectivity index (χ2n) is 5.43. The lowest BCUT2D eigenvalue weighted by Gasteiger charge is -2.32. The first-order valence-corrected chi connectivity index (χ1v) is 5.91. The molecular formula is C11H25BClNO2. The van der Waals surface area contributed by atoms with Crippen LogP contribution in [-0.4, -0.2) is 24.3 Å². The fourth-order valence-electron chi connectivity index (χ4n) is 1.64. The molecule has 1 atom stereocenters. The molecule has 1 saturated heterocycles. The Morgan fingerprint density at radius 1 is 1.12 bits per heavy atom. The van der Waals surface area contributed by atoms with Crippen LogP contribution in [0.15, 0.2) is 0 Å². The van der Waals surface area contributed by atoms with Gasteiger partial charge >= 0.3 is 7.12 Å². The lowest BCUT2D eigenvalue weighted by Crippen LogP contribution is -2.41. The molecule has 3 nitrogen and oxygen atoms in total. The summed E-state index contributed by atoms with van der Waals surface area (Å²) in [4.78, 5) is 0. The van der Waals surface area contributed by atoms with Crippen molar-refractivity contribution < 1.29 is 9.31 Å². The van der Waals surface area contributed by atoms with Crippen molar-refractivity contribution in [1.29, 1.82) is 0 Å². The molecule has 1 aliphatic rings. The van der Waals surface area contributed by atoms with Crippen LogP contribution in [0.5, 0.6) is 0 Å². The Morgan fingerprint density at radius 2 is 1.56 bits per heavy atom. The van der Waals surface area contributed by atoms with Gasteiger partial charge in [0.25, 0.3) is 0 Å². The molecule has 0 radical (unpaired) electrons. The van der Waals surface area contributed by atoms with Crippen molar-refractivity contribution in [3.8, 4) is 0 Å². The Labute approximate surface area is 106 Å². The van der Waals surface area contributed by atoms with Gasteiger partial charge in [-0.25, -0.2) is 0 Å². The molecule has 1 fully saturated rings. The molecular weight excluding hydrogens is 224 g/mol. The Kier molecular flexibility index (Phi) is 5.80. The quantitative estimate of drug-likeness (QED) is 0.779. The van der Waals surface area contributed by atoms with E-state index in [0.717, 1.165) is 19.3 Å². The molecule has 0 aromatic heterocycles. The van der Waals surface area contributed by atoms with E-state index in [1.165, 1.54) is 0 Å². The summed E-state index contributed by atoms with van der Waals surface area (Å²) in [7, 11) is -0.249. The van der Waals surface area contributed by atoms with Gasteiger partial charge in [0, 0.05) is 5.94 Å². The largest absolute Gasteiger partial charge is 0.475 e. The second-order valence-corrected chi connectivity index (χ2v) is 5.43. The molecule has 96 valence electrons. The van der Waals surface area contributed by atoms with Crippen molar-refractivity contribution in [3.05, 3.63) is 0 Å². The van der Waals surface area contributed by atoms with Crippen LogP contribution in [0.25, 0.3) is 0 Å². The lowest BCUT2D eigenvalue weighted by atomic mass is 9.76. The van der Waals surface area contributed by atoms with Gasteiger partial charge in [-0.1, -0.05) is 19.8 Å². The van der Waals surface area contributed by atoms with Crippen molar-refractivity contribution in [1.82, 2.24) is 0 Å². The maximum absolute atomic E-state index is 6.06. The van der Waals surface area contributed by atoms with Gasteiger partial charge in [0.2, 0.25) is 0 Å². The number of nitrogens with two attached hydrogens (primary N) is 1. The molecule has 1 aliphatic heterocycles. The van der Waals surface area contributed by atoms with Crippen molar-refractivity contribution in [2.24, 2.45) is 5.73 Å². The number of unbranched alkanes of at least 4 members (excludes halogenated alkanes) is 1. The van der Waals surface area contributed by atoms with E-state index in [1.54, 1.807) is 0 Å². The molecule has 0 bridgehead atoms. The topological polar surface area (TPSA) is 44.5 Å². The number of halogens is 1. The second kappa shape index (κ2) is 5.72. The first-order valence-electron chi connectivity index (χ1n) is 5.91. The minimum Gasteiger partial charge on any atom is -0.402 e. The van der Waals surface area contributed by atoms with Crippen molar-refractivity contribution in [3.63, 3.8) is 0 Å². The van der Waals surface area contributed by atoms with Crippen LogP contribution in [0.4, 0.5) is 0 Å². The van der Waals surface area contributed by atoms with E-state index in [0.29, 0.717) is 0 Å². The zero-order valence-corrected chi connectivity index (χ0v) is 11.9. The summed E-state index contributed by atoms with van der Waals surface area (Å²) in [6.07, 6.45) is 3.26. The molecule has 0 aliphatic carbocycles. The fraction of sp³-hybridized carbons (Fsp3) is 1.00. The molecule has 1 rings (SSSR count). The normalized spacial score (nSPS) is 24.0. The minimum absolute atomic E-state index is 0. The highest BCUT2D eigenvalue weighted by Gasteiger charge is 2.52. The highest BCUT2D eigenvalue weighted by Crippen LogP contribution is 2.37. The average Bonchev–Trinajstić information content (AvgIpc) is 2.32. The van der Waals surface area contributed by atoms with Gasteiger partial charge in [0.1, 0.15) is 0 Å². The van der Waals surface area contributed by atoms with Gasteiger partial charge in [-0.05, 0) is 34.1 Å². The maximum Gasteiger partial charge on any atom is 0.475 e. The Balaban J connectivity index is 0.00000225. The molecule has 0 unspecified atom stereocenters. The number of hydrogen-bond donors (Lipinski definition) is 1. The summed E-state index contributed by atoms with van der Waals surface area (Å²) in [5.41, 5.74) is 5.53. The molecule has 5 heteroatoms. The van der Waals surface area contributed by atoms with E-state index in [9.17, 15) is 0 Å². The Morgan fingerprint density at radius 3 is 1.94 bits per heavy atom. The van der Waals surface area contributed by atoms with Gasteiger partial charge in [-0.2, -0.15) is 0 Å². The minimum atomic E-state index is -0.262. The summed E-state index contributed by atoms with van der Waals surface area (Å²) in [5, 5.41) is 0. The zero-order valence-electron chi connectivity index (χ0n) is 11.1. The van der Waals surface area contributed by atoms with Gasteiger partial charge in [0.05, 0.1) is 11.2 Å². The van der Waals surface area contributed by atoms with Gasteiger partial charge in [-0.15, -0.1) is 12.4 Å². The third kappa shape index (κ3) is 3.36. The molecule has 0 amide bonds. The highest BCUT2D eigenvalue weighted by molar-refractivity contribution is 6.47. The summed E-state index contributed by atoms with van der Waals surface area (Å²) in [6.45, 7) is 10.4. The molecule has 0 aromatic rings. The van der Waals surface area contributed by atoms with E-state index < -0.39 is 0 Å². The first-order chi connectivity index (χ1) is 6.80. The molecule has 0 spiro atoms. The maximum atomic E-state index is 6.06. The van der Waals surface area contributed by atoms with Crippen LogP contribution in [0.3, 0.4) is 0 Å². The van der Waals surface area contributed by atoms with E-state index >= 15 is 0 Å². The third-order valence-corrected chi connectivity index (χ3v) is 3.51. The van der Waals surface area contributed by atoms with Gasteiger partial charge < -0.3 is 15.0 Å². The standard InChI is InChI=1S/C11H24BNO2.ClH/c1-6-7-8-9(13)12-14-10(2,3)11(4,5)15-12;/h9H,6-8,13H2,1-5H3;1H/t9-;/m1./s1. The van der Waals surface area contributed by atoms with Crippen LogP contribution in [0.1, 0.15) is 53.9 Å². The zero-order chi connectivity index (χ0) is 11.7. The van der Waals surface area contributed by atoms with Crippen LogP contribution in [0, 0.1) is 0 Å². The van der Waals surface area contributed by atoms with Crippen LogP contribution in [0.2, 0.25) is 0 Å². The molecule has 16 heavy (non-hydrogen) atoms. The van der Waals surface area contributed by atoms with E-state index in [1.807, 2.05) is 0 Å². The fourth-order valence-corrected chi connectivity index (χ4v) is 1.64. The van der Waals surface area contributed by atoms with Gasteiger partial charge in [0.15, 0.2) is 0 Å². The lowest BCUT2D eigenvalue weighted by molar-refractivity contribution is 0.00578. The summed E-state index contributed by atoms with van der Waals surface area (Å²) in [6, 6.07) is 0. The predicted octanol–water partition coefficient (Wildman–Crippen LogP) is 2.56. The summed E-state index contributed by atoms with van der Waals surface area (Å²) < 4.78 is 11.8. The molecule has 0 aromatic carbocycles. The van der Waals surface area contributed by atoms with Crippen molar-refractivity contribution in [2.45, 2.75) is 71.0 Å². The predicted molar refractivity (Wildman–Crippen MR) is 70.8 cm³/mol. The van der Waals surface area contributed by atoms with Crippen LogP contribution >= 0.6 is 12.4 Å². The van der Waals surface area contributed by atoms with Crippen molar-refractivity contribution in [2.75, 3.05) is 0 Å².